The molecule has 1 saturated heterocycles. The Hall–Kier alpha value is -2.50. The van der Waals surface area contributed by atoms with E-state index in [9.17, 15) is 19.8 Å². The van der Waals surface area contributed by atoms with E-state index < -0.39 is 0 Å². The van der Waals surface area contributed by atoms with Crippen LogP contribution in [-0.4, -0.2) is 40.6 Å². The zero-order valence-corrected chi connectivity index (χ0v) is 12.6. The molecule has 6 heteroatoms. The first-order valence-electron chi connectivity index (χ1n) is 7.07. The molecule has 6 nitrogen and oxygen atoms in total. The highest BCUT2D eigenvalue weighted by Gasteiger charge is 2.25. The van der Waals surface area contributed by atoms with Crippen molar-refractivity contribution in [2.45, 2.75) is 26.2 Å². The third kappa shape index (κ3) is 3.21. The van der Waals surface area contributed by atoms with Gasteiger partial charge in [-0.15, -0.1) is 0 Å². The molecule has 1 fully saturated rings. The Labute approximate surface area is 128 Å². The number of imide groups is 1. The fourth-order valence-corrected chi connectivity index (χ4v) is 2.40. The zero-order valence-electron chi connectivity index (χ0n) is 12.6. The second-order valence-corrected chi connectivity index (χ2v) is 5.23. The van der Waals surface area contributed by atoms with Crippen molar-refractivity contribution < 1.29 is 24.5 Å². The molecule has 0 radical (unpaired) electrons. The van der Waals surface area contributed by atoms with Crippen LogP contribution in [0.2, 0.25) is 0 Å². The molecule has 0 spiro atoms. The standard InChI is InChI=1S/C16H19NO5/c1-10(16(21)17-6-4-3-5-14(17)19)7-11-8-12(18)15(20)13(9-11)22-2/h7-9,18,20H,3-6H2,1-2H3/b10-7+. The molecule has 1 aromatic carbocycles. The van der Waals surface area contributed by atoms with E-state index in [1.165, 1.54) is 24.1 Å². The number of nitrogens with zero attached hydrogens (tertiary/aromatic N) is 1. The highest BCUT2D eigenvalue weighted by atomic mass is 16.5. The first-order chi connectivity index (χ1) is 10.4. The number of phenols is 2. The smallest absolute Gasteiger partial charge is 0.256 e. The van der Waals surface area contributed by atoms with Gasteiger partial charge in [-0.1, -0.05) is 0 Å². The SMILES string of the molecule is COc1cc(/C=C(\C)C(=O)N2CCCCC2=O)cc(O)c1O. The number of ether oxygens (including phenoxy) is 1. The zero-order chi connectivity index (χ0) is 16.3. The van der Waals surface area contributed by atoms with E-state index in [0.717, 1.165) is 12.8 Å². The van der Waals surface area contributed by atoms with Crippen LogP contribution in [0.5, 0.6) is 17.2 Å². The molecule has 2 N–H and O–H groups in total. The van der Waals surface area contributed by atoms with Crippen LogP contribution >= 0.6 is 0 Å². The van der Waals surface area contributed by atoms with Crippen molar-refractivity contribution in [3.63, 3.8) is 0 Å². The molecule has 1 heterocycles. The second kappa shape index (κ2) is 6.51. The summed E-state index contributed by atoms with van der Waals surface area (Å²) < 4.78 is 4.95. The Morgan fingerprint density at radius 3 is 2.68 bits per heavy atom. The molecule has 0 atom stereocenters. The summed E-state index contributed by atoms with van der Waals surface area (Å²) in [6.45, 7) is 2.05. The van der Waals surface area contributed by atoms with Crippen molar-refractivity contribution in [3.8, 4) is 17.2 Å². The van der Waals surface area contributed by atoms with E-state index in [1.807, 2.05) is 0 Å². The van der Waals surface area contributed by atoms with Crippen LogP contribution < -0.4 is 4.74 Å². The molecule has 1 aromatic rings. The molecular weight excluding hydrogens is 286 g/mol. The summed E-state index contributed by atoms with van der Waals surface area (Å²) in [6.07, 6.45) is 3.58. The quantitative estimate of drug-likeness (QED) is 0.659. The Bertz CT molecular complexity index is 636. The van der Waals surface area contributed by atoms with Gasteiger partial charge in [0.05, 0.1) is 7.11 Å². The summed E-state index contributed by atoms with van der Waals surface area (Å²) in [5, 5.41) is 19.2. The van der Waals surface area contributed by atoms with Gasteiger partial charge in [-0.25, -0.2) is 0 Å². The van der Waals surface area contributed by atoms with E-state index in [2.05, 4.69) is 0 Å². The predicted octanol–water partition coefficient (Wildman–Crippen LogP) is 2.05. The summed E-state index contributed by atoms with van der Waals surface area (Å²) in [4.78, 5) is 25.3. The number of carbonyl (C=O) groups is 2. The topological polar surface area (TPSA) is 87.1 Å². The van der Waals surface area contributed by atoms with E-state index in [4.69, 9.17) is 4.74 Å². The van der Waals surface area contributed by atoms with Gasteiger partial charge in [0.15, 0.2) is 11.5 Å². The van der Waals surface area contributed by atoms with Gasteiger partial charge in [0, 0.05) is 18.5 Å². The van der Waals surface area contributed by atoms with Gasteiger partial charge in [0.25, 0.3) is 5.91 Å². The summed E-state index contributed by atoms with van der Waals surface area (Å²) in [5.74, 6) is -1.07. The van der Waals surface area contributed by atoms with E-state index in [-0.39, 0.29) is 29.1 Å². The van der Waals surface area contributed by atoms with E-state index in [0.29, 0.717) is 24.1 Å². The number of likely N-dealkylation sites (tertiary alicyclic amines) is 1. The minimum Gasteiger partial charge on any atom is -0.504 e. The fourth-order valence-electron chi connectivity index (χ4n) is 2.40. The monoisotopic (exact) mass is 305 g/mol. The molecule has 0 aliphatic carbocycles. The first-order valence-corrected chi connectivity index (χ1v) is 7.07. The number of phenolic OH excluding ortho intramolecular Hbond substituents is 2. The number of benzene rings is 1. The van der Waals surface area contributed by atoms with E-state index in [1.54, 1.807) is 13.0 Å². The number of carbonyl (C=O) groups excluding carboxylic acids is 2. The number of amides is 2. The maximum absolute atomic E-state index is 12.3. The average Bonchev–Trinajstić information content (AvgIpc) is 2.50. The molecule has 1 aliphatic heterocycles. The van der Waals surface area contributed by atoms with Gasteiger partial charge >= 0.3 is 0 Å². The Morgan fingerprint density at radius 1 is 1.32 bits per heavy atom. The normalized spacial score (nSPS) is 15.8. The Kier molecular flexibility index (Phi) is 4.70. The lowest BCUT2D eigenvalue weighted by molar-refractivity contribution is -0.144. The van der Waals surface area contributed by atoms with Crippen molar-refractivity contribution >= 4 is 17.9 Å². The van der Waals surface area contributed by atoms with Crippen LogP contribution in [0.3, 0.4) is 0 Å². The maximum Gasteiger partial charge on any atom is 0.256 e. The lowest BCUT2D eigenvalue weighted by Crippen LogP contribution is -2.40. The van der Waals surface area contributed by atoms with Crippen LogP contribution in [0, 0.1) is 0 Å². The summed E-state index contributed by atoms with van der Waals surface area (Å²) in [7, 11) is 1.37. The van der Waals surface area contributed by atoms with Crippen LogP contribution in [0.15, 0.2) is 17.7 Å². The number of aromatic hydroxyl groups is 2. The van der Waals surface area contributed by atoms with Crippen LogP contribution in [0.4, 0.5) is 0 Å². The minimum absolute atomic E-state index is 0.112. The number of methoxy groups -OCH3 is 1. The third-order valence-corrected chi connectivity index (χ3v) is 3.59. The molecule has 1 aliphatic rings. The van der Waals surface area contributed by atoms with Crippen molar-refractivity contribution in [2.75, 3.05) is 13.7 Å². The number of piperidine rings is 1. The molecule has 2 rings (SSSR count). The molecule has 0 saturated carbocycles. The molecule has 118 valence electrons. The number of hydrogen-bond acceptors (Lipinski definition) is 5. The number of rotatable bonds is 3. The van der Waals surface area contributed by atoms with E-state index >= 15 is 0 Å². The van der Waals surface area contributed by atoms with Crippen LogP contribution in [0.1, 0.15) is 31.7 Å². The minimum atomic E-state index is -0.352. The Balaban J connectivity index is 2.26. The predicted molar refractivity (Wildman–Crippen MR) is 80.5 cm³/mol. The van der Waals surface area contributed by atoms with Crippen molar-refractivity contribution in [1.82, 2.24) is 4.90 Å². The molecule has 0 aromatic heterocycles. The summed E-state index contributed by atoms with van der Waals surface area (Å²) >= 11 is 0. The van der Waals surface area contributed by atoms with Crippen LogP contribution in [-0.2, 0) is 9.59 Å². The number of hydrogen-bond donors (Lipinski definition) is 2. The molecule has 0 unspecified atom stereocenters. The van der Waals surface area contributed by atoms with Gasteiger partial charge in [-0.05, 0) is 43.5 Å². The summed E-state index contributed by atoms with van der Waals surface area (Å²) in [6, 6.07) is 2.83. The van der Waals surface area contributed by atoms with Gasteiger partial charge in [0.1, 0.15) is 0 Å². The molecule has 22 heavy (non-hydrogen) atoms. The molecule has 0 bridgehead atoms. The van der Waals surface area contributed by atoms with Crippen LogP contribution in [0.25, 0.3) is 6.08 Å². The molecular formula is C16H19NO5. The van der Waals surface area contributed by atoms with Gasteiger partial charge in [-0.2, -0.15) is 0 Å². The maximum atomic E-state index is 12.3. The third-order valence-electron chi connectivity index (χ3n) is 3.59. The highest BCUT2D eigenvalue weighted by Crippen LogP contribution is 2.36. The lowest BCUT2D eigenvalue weighted by atomic mass is 10.1. The average molecular weight is 305 g/mol. The highest BCUT2D eigenvalue weighted by molar-refractivity contribution is 6.06. The van der Waals surface area contributed by atoms with Gasteiger partial charge < -0.3 is 14.9 Å². The second-order valence-electron chi connectivity index (χ2n) is 5.23. The fraction of sp³-hybridized carbons (Fsp3) is 0.375. The Morgan fingerprint density at radius 2 is 2.05 bits per heavy atom. The van der Waals surface area contributed by atoms with Crippen molar-refractivity contribution in [2.24, 2.45) is 0 Å². The van der Waals surface area contributed by atoms with Gasteiger partial charge in [0.2, 0.25) is 11.7 Å². The molecule has 2 amide bonds. The van der Waals surface area contributed by atoms with Gasteiger partial charge in [-0.3, -0.25) is 14.5 Å². The van der Waals surface area contributed by atoms with Crippen molar-refractivity contribution in [3.05, 3.63) is 23.3 Å². The largest absolute Gasteiger partial charge is 0.504 e. The first kappa shape index (κ1) is 15.9. The van der Waals surface area contributed by atoms with Crippen molar-refractivity contribution in [1.29, 1.82) is 0 Å². The lowest BCUT2D eigenvalue weighted by Gasteiger charge is -2.25. The summed E-state index contributed by atoms with van der Waals surface area (Å²) in [5.41, 5.74) is 0.879.